The molecule has 102 valence electrons. The Hall–Kier alpha value is -0.380. The lowest BCUT2D eigenvalue weighted by Gasteiger charge is -2.30. The maximum absolute atomic E-state index is 5.43. The largest absolute Gasteiger partial charge is 0.381 e. The molecule has 3 heteroatoms. The lowest BCUT2D eigenvalue weighted by atomic mass is 9.92. The molecule has 1 N–H and O–H groups in total. The molecule has 18 heavy (non-hydrogen) atoms. The van der Waals surface area contributed by atoms with E-state index in [1.165, 1.54) is 41.0 Å². The van der Waals surface area contributed by atoms with Crippen LogP contribution in [0.3, 0.4) is 0 Å². The summed E-state index contributed by atoms with van der Waals surface area (Å²) < 4.78 is 5.43. The minimum Gasteiger partial charge on any atom is -0.381 e. The smallest absolute Gasteiger partial charge is 0.0572 e. The molecule has 0 amide bonds. The fourth-order valence-corrected chi connectivity index (χ4v) is 4.01. The second kappa shape index (κ2) is 6.18. The molecule has 0 radical (unpaired) electrons. The van der Waals surface area contributed by atoms with Crippen LogP contribution in [-0.2, 0) is 4.74 Å². The van der Waals surface area contributed by atoms with Crippen LogP contribution in [-0.4, -0.2) is 19.3 Å². The van der Waals surface area contributed by atoms with E-state index in [9.17, 15) is 0 Å². The third-order valence-corrected chi connectivity index (χ3v) is 5.02. The van der Waals surface area contributed by atoms with Crippen LogP contribution in [0.5, 0.6) is 0 Å². The molecule has 1 aromatic rings. The Morgan fingerprint density at radius 2 is 1.94 bits per heavy atom. The second-order valence-electron chi connectivity index (χ2n) is 5.47. The van der Waals surface area contributed by atoms with Gasteiger partial charge in [-0.1, -0.05) is 0 Å². The van der Waals surface area contributed by atoms with Gasteiger partial charge in [0.1, 0.15) is 0 Å². The minimum absolute atomic E-state index is 0.471. The molecule has 1 unspecified atom stereocenters. The molecule has 0 spiro atoms. The van der Waals surface area contributed by atoms with E-state index < -0.39 is 0 Å². The third-order valence-electron chi connectivity index (χ3n) is 4.04. The third kappa shape index (κ3) is 3.34. The number of hydrogen-bond donors (Lipinski definition) is 1. The van der Waals surface area contributed by atoms with Crippen molar-refractivity contribution in [2.45, 2.75) is 64.6 Å². The van der Waals surface area contributed by atoms with E-state index in [4.69, 9.17) is 4.74 Å². The molecule has 2 nitrogen and oxygen atoms in total. The van der Waals surface area contributed by atoms with Gasteiger partial charge >= 0.3 is 0 Å². The van der Waals surface area contributed by atoms with Crippen LogP contribution >= 0.6 is 11.3 Å². The molecule has 0 saturated heterocycles. The summed E-state index contributed by atoms with van der Waals surface area (Å²) in [7, 11) is 1.83. The number of aryl methyl sites for hydroxylation is 2. The quantitative estimate of drug-likeness (QED) is 0.891. The van der Waals surface area contributed by atoms with Gasteiger partial charge in [-0.2, -0.15) is 0 Å². The molecular weight excluding hydrogens is 242 g/mol. The van der Waals surface area contributed by atoms with Gasteiger partial charge in [-0.15, -0.1) is 11.3 Å². The van der Waals surface area contributed by atoms with Gasteiger partial charge in [-0.05, 0) is 58.1 Å². The van der Waals surface area contributed by atoms with Gasteiger partial charge < -0.3 is 10.1 Å². The van der Waals surface area contributed by atoms with Crippen molar-refractivity contribution in [1.29, 1.82) is 0 Å². The average molecular weight is 267 g/mol. The van der Waals surface area contributed by atoms with E-state index in [0.717, 1.165) is 0 Å². The van der Waals surface area contributed by atoms with Gasteiger partial charge in [0.15, 0.2) is 0 Å². The topological polar surface area (TPSA) is 21.3 Å². The first-order chi connectivity index (χ1) is 8.60. The van der Waals surface area contributed by atoms with Crippen LogP contribution in [0.25, 0.3) is 0 Å². The Kier molecular flexibility index (Phi) is 4.82. The Labute approximate surface area is 115 Å². The average Bonchev–Trinajstić information content (AvgIpc) is 2.69. The number of nitrogens with one attached hydrogen (secondary N) is 1. The Balaban J connectivity index is 1.88. The Bertz CT molecular complexity index is 380. The number of hydrogen-bond acceptors (Lipinski definition) is 3. The predicted molar refractivity (Wildman–Crippen MR) is 78.4 cm³/mol. The first kappa shape index (κ1) is 14.0. The summed E-state index contributed by atoms with van der Waals surface area (Å²) in [4.78, 5) is 2.87. The van der Waals surface area contributed by atoms with Gasteiger partial charge in [-0.3, -0.25) is 0 Å². The van der Waals surface area contributed by atoms with Crippen LogP contribution in [0.15, 0.2) is 6.07 Å². The molecule has 1 aromatic heterocycles. The Morgan fingerprint density at radius 1 is 1.28 bits per heavy atom. The second-order valence-corrected chi connectivity index (χ2v) is 6.93. The number of ether oxygens (including phenoxy) is 1. The maximum Gasteiger partial charge on any atom is 0.0572 e. The molecule has 1 heterocycles. The standard InChI is InChI=1S/C15H25NOS/c1-10-9-15(12(3)18-10)11(2)16-13-5-7-14(17-4)8-6-13/h9,11,13-14,16H,5-8H2,1-4H3. The van der Waals surface area contributed by atoms with E-state index in [0.29, 0.717) is 18.2 Å². The van der Waals surface area contributed by atoms with E-state index in [2.05, 4.69) is 32.2 Å². The highest BCUT2D eigenvalue weighted by atomic mass is 32.1. The van der Waals surface area contributed by atoms with Crippen molar-refractivity contribution in [3.05, 3.63) is 21.4 Å². The SMILES string of the molecule is COC1CCC(NC(C)c2cc(C)sc2C)CC1. The first-order valence-electron chi connectivity index (χ1n) is 6.96. The molecule has 0 bridgehead atoms. The van der Waals surface area contributed by atoms with Crippen molar-refractivity contribution in [2.24, 2.45) is 0 Å². The molecule has 1 fully saturated rings. The van der Waals surface area contributed by atoms with Crippen LogP contribution in [0.1, 0.15) is 54.0 Å². The van der Waals surface area contributed by atoms with Crippen LogP contribution in [0, 0.1) is 13.8 Å². The Morgan fingerprint density at radius 3 is 2.44 bits per heavy atom. The van der Waals surface area contributed by atoms with Crippen molar-refractivity contribution in [3.8, 4) is 0 Å². The molecule has 2 rings (SSSR count). The van der Waals surface area contributed by atoms with E-state index in [1.54, 1.807) is 0 Å². The summed E-state index contributed by atoms with van der Waals surface area (Å²) in [6.45, 7) is 6.71. The summed E-state index contributed by atoms with van der Waals surface area (Å²) in [5, 5.41) is 3.79. The molecular formula is C15H25NOS. The van der Waals surface area contributed by atoms with Crippen LogP contribution in [0.2, 0.25) is 0 Å². The maximum atomic E-state index is 5.43. The lowest BCUT2D eigenvalue weighted by Crippen LogP contribution is -2.36. The van der Waals surface area contributed by atoms with Gasteiger partial charge in [0.25, 0.3) is 0 Å². The highest BCUT2D eigenvalue weighted by Gasteiger charge is 2.22. The number of methoxy groups -OCH3 is 1. The van der Waals surface area contributed by atoms with Crippen molar-refractivity contribution >= 4 is 11.3 Å². The minimum atomic E-state index is 0.471. The van der Waals surface area contributed by atoms with Gasteiger partial charge in [0, 0.05) is 28.9 Å². The fourth-order valence-electron chi connectivity index (χ4n) is 2.99. The van der Waals surface area contributed by atoms with Gasteiger partial charge in [-0.25, -0.2) is 0 Å². The lowest BCUT2D eigenvalue weighted by molar-refractivity contribution is 0.0614. The zero-order chi connectivity index (χ0) is 13.1. The molecule has 1 atom stereocenters. The highest BCUT2D eigenvalue weighted by Crippen LogP contribution is 2.28. The monoisotopic (exact) mass is 267 g/mol. The molecule has 0 aromatic carbocycles. The summed E-state index contributed by atoms with van der Waals surface area (Å²) in [5.41, 5.74) is 1.48. The molecule has 1 aliphatic carbocycles. The van der Waals surface area contributed by atoms with Gasteiger partial charge in [0.05, 0.1) is 6.10 Å². The molecule has 1 saturated carbocycles. The summed E-state index contributed by atoms with van der Waals surface area (Å²) in [6, 6.07) is 3.46. The van der Waals surface area contributed by atoms with Crippen molar-refractivity contribution in [3.63, 3.8) is 0 Å². The highest BCUT2D eigenvalue weighted by molar-refractivity contribution is 7.12. The number of thiophene rings is 1. The van der Waals surface area contributed by atoms with E-state index in [-0.39, 0.29) is 0 Å². The van der Waals surface area contributed by atoms with Crippen LogP contribution in [0.4, 0.5) is 0 Å². The van der Waals surface area contributed by atoms with Crippen molar-refractivity contribution in [1.82, 2.24) is 5.32 Å². The molecule has 1 aliphatic rings. The molecule has 0 aliphatic heterocycles. The van der Waals surface area contributed by atoms with Crippen molar-refractivity contribution < 1.29 is 4.74 Å². The first-order valence-corrected chi connectivity index (χ1v) is 7.77. The van der Waals surface area contributed by atoms with E-state index in [1.807, 2.05) is 18.4 Å². The summed E-state index contributed by atoms with van der Waals surface area (Å²) in [5.74, 6) is 0. The summed E-state index contributed by atoms with van der Waals surface area (Å²) >= 11 is 1.90. The summed E-state index contributed by atoms with van der Waals surface area (Å²) in [6.07, 6.45) is 5.37. The predicted octanol–water partition coefficient (Wildman–Crippen LogP) is 3.97. The normalized spacial score (nSPS) is 26.2. The number of rotatable bonds is 4. The zero-order valence-corrected chi connectivity index (χ0v) is 12.8. The van der Waals surface area contributed by atoms with E-state index >= 15 is 0 Å². The van der Waals surface area contributed by atoms with Crippen LogP contribution < -0.4 is 5.32 Å². The fraction of sp³-hybridized carbons (Fsp3) is 0.733. The zero-order valence-electron chi connectivity index (χ0n) is 12.0. The van der Waals surface area contributed by atoms with Crippen molar-refractivity contribution in [2.75, 3.05) is 7.11 Å². The van der Waals surface area contributed by atoms with Gasteiger partial charge in [0.2, 0.25) is 0 Å².